The van der Waals surface area contributed by atoms with E-state index in [1.165, 1.54) is 12.1 Å². The van der Waals surface area contributed by atoms with E-state index in [0.717, 1.165) is 10.7 Å². The molecule has 0 aliphatic heterocycles. The first-order valence-corrected chi connectivity index (χ1v) is 3.96. The molecule has 2 aromatic rings. The summed E-state index contributed by atoms with van der Waals surface area (Å²) in [5, 5.41) is 3.63. The van der Waals surface area contributed by atoms with Gasteiger partial charge in [-0.05, 0) is 28.1 Å². The van der Waals surface area contributed by atoms with Crippen LogP contribution in [0.5, 0.6) is 0 Å². The zero-order valence-electron chi connectivity index (χ0n) is 5.76. The van der Waals surface area contributed by atoms with Crippen LogP contribution in [0, 0.1) is 11.6 Å². The van der Waals surface area contributed by atoms with Crippen LogP contribution >= 0.6 is 15.9 Å². The highest BCUT2D eigenvalue weighted by Gasteiger charge is 2.10. The molecule has 0 bridgehead atoms. The molecular formula is C7H3BrF2N2. The summed E-state index contributed by atoms with van der Waals surface area (Å²) in [6.45, 7) is 0. The Kier molecular flexibility index (Phi) is 1.61. The third-order valence-electron chi connectivity index (χ3n) is 1.52. The number of hydrogen-bond acceptors (Lipinski definition) is 1. The number of halogens is 3. The second-order valence-corrected chi connectivity index (χ2v) is 3.07. The topological polar surface area (TPSA) is 17.3 Å². The van der Waals surface area contributed by atoms with Crippen molar-refractivity contribution < 1.29 is 8.78 Å². The molecule has 0 fully saturated rings. The second kappa shape index (κ2) is 2.52. The Morgan fingerprint density at radius 3 is 2.67 bits per heavy atom. The summed E-state index contributed by atoms with van der Waals surface area (Å²) >= 11 is 3.11. The lowest BCUT2D eigenvalue weighted by Gasteiger charge is -1.96. The summed E-state index contributed by atoms with van der Waals surface area (Å²) < 4.78 is 27.5. The molecule has 0 N–H and O–H groups in total. The average molecular weight is 233 g/mol. The molecule has 2 rings (SSSR count). The Bertz CT molecular complexity index is 438. The Labute approximate surface area is 74.9 Å². The molecule has 0 aromatic carbocycles. The fourth-order valence-corrected chi connectivity index (χ4v) is 1.40. The van der Waals surface area contributed by atoms with E-state index in [-0.39, 0.29) is 5.52 Å². The van der Waals surface area contributed by atoms with E-state index >= 15 is 0 Å². The molecule has 2 nitrogen and oxygen atoms in total. The molecule has 2 aromatic heterocycles. The van der Waals surface area contributed by atoms with Crippen molar-refractivity contribution in [2.75, 3.05) is 0 Å². The van der Waals surface area contributed by atoms with Crippen LogP contribution in [0.3, 0.4) is 0 Å². The van der Waals surface area contributed by atoms with E-state index in [0.29, 0.717) is 4.60 Å². The van der Waals surface area contributed by atoms with Crippen molar-refractivity contribution in [3.63, 3.8) is 0 Å². The Morgan fingerprint density at radius 1 is 1.25 bits per heavy atom. The fraction of sp³-hybridized carbons (Fsp3) is 0. The van der Waals surface area contributed by atoms with Crippen molar-refractivity contribution in [2.24, 2.45) is 0 Å². The van der Waals surface area contributed by atoms with Crippen molar-refractivity contribution in [3.8, 4) is 0 Å². The van der Waals surface area contributed by atoms with Gasteiger partial charge in [0.2, 0.25) is 0 Å². The second-order valence-electron chi connectivity index (χ2n) is 2.26. The molecule has 0 saturated heterocycles. The predicted octanol–water partition coefficient (Wildman–Crippen LogP) is 2.38. The van der Waals surface area contributed by atoms with E-state index in [4.69, 9.17) is 0 Å². The highest BCUT2D eigenvalue weighted by molar-refractivity contribution is 9.10. The summed E-state index contributed by atoms with van der Waals surface area (Å²) in [5.74, 6) is -1.28. The lowest BCUT2D eigenvalue weighted by atomic mass is 10.4. The zero-order chi connectivity index (χ0) is 8.72. The minimum atomic E-state index is -0.659. The van der Waals surface area contributed by atoms with Gasteiger partial charge in [-0.15, -0.1) is 0 Å². The number of pyridine rings is 1. The van der Waals surface area contributed by atoms with Gasteiger partial charge in [0.1, 0.15) is 10.1 Å². The monoisotopic (exact) mass is 232 g/mol. The molecule has 0 aliphatic rings. The Hall–Kier alpha value is -0.970. The molecule has 12 heavy (non-hydrogen) atoms. The molecule has 0 unspecified atom stereocenters. The van der Waals surface area contributed by atoms with Crippen LogP contribution in [0.1, 0.15) is 0 Å². The summed E-state index contributed by atoms with van der Waals surface area (Å²) in [5.41, 5.74) is -0.135. The Morgan fingerprint density at radius 2 is 2.00 bits per heavy atom. The Balaban J connectivity index is 2.98. The maximum absolute atomic E-state index is 12.9. The van der Waals surface area contributed by atoms with Gasteiger partial charge in [0.15, 0.2) is 11.6 Å². The summed E-state index contributed by atoms with van der Waals surface area (Å²) in [6.07, 6.45) is 0.975. The molecule has 0 aliphatic carbocycles. The summed E-state index contributed by atoms with van der Waals surface area (Å²) in [7, 11) is 0. The first-order valence-electron chi connectivity index (χ1n) is 3.17. The highest BCUT2D eigenvalue weighted by atomic mass is 79.9. The van der Waals surface area contributed by atoms with Gasteiger partial charge in [0.25, 0.3) is 0 Å². The SMILES string of the molecule is Fc1ccc(Br)n2ncc(F)c12. The van der Waals surface area contributed by atoms with E-state index in [9.17, 15) is 8.78 Å². The van der Waals surface area contributed by atoms with Gasteiger partial charge >= 0.3 is 0 Å². The fourth-order valence-electron chi connectivity index (χ4n) is 0.997. The summed E-state index contributed by atoms with van der Waals surface area (Å²) in [6, 6.07) is 2.65. The van der Waals surface area contributed by atoms with Gasteiger partial charge in [0, 0.05) is 0 Å². The van der Waals surface area contributed by atoms with Crippen molar-refractivity contribution in [1.82, 2.24) is 9.61 Å². The van der Waals surface area contributed by atoms with E-state index < -0.39 is 11.6 Å². The third-order valence-corrected chi connectivity index (χ3v) is 2.12. The van der Waals surface area contributed by atoms with E-state index in [1.807, 2.05) is 0 Å². The molecule has 62 valence electrons. The van der Waals surface area contributed by atoms with Gasteiger partial charge in [0.05, 0.1) is 6.20 Å². The number of hydrogen-bond donors (Lipinski definition) is 0. The van der Waals surface area contributed by atoms with Gasteiger partial charge in [-0.3, -0.25) is 0 Å². The third kappa shape index (κ3) is 0.929. The van der Waals surface area contributed by atoms with Gasteiger partial charge < -0.3 is 0 Å². The van der Waals surface area contributed by atoms with Crippen LogP contribution < -0.4 is 0 Å². The molecule has 0 saturated carbocycles. The van der Waals surface area contributed by atoms with Crippen molar-refractivity contribution >= 4 is 21.4 Å². The minimum absolute atomic E-state index is 0.135. The zero-order valence-corrected chi connectivity index (χ0v) is 7.35. The molecule has 0 amide bonds. The number of nitrogens with zero attached hydrogens (tertiary/aromatic N) is 2. The van der Waals surface area contributed by atoms with Gasteiger partial charge in [-0.2, -0.15) is 5.10 Å². The lowest BCUT2D eigenvalue weighted by Crippen LogP contribution is -1.92. The average Bonchev–Trinajstić information content (AvgIpc) is 2.42. The van der Waals surface area contributed by atoms with Crippen LogP contribution in [0.25, 0.3) is 5.52 Å². The lowest BCUT2D eigenvalue weighted by molar-refractivity contribution is 0.602. The molecule has 0 spiro atoms. The first-order chi connectivity index (χ1) is 5.70. The highest BCUT2D eigenvalue weighted by Crippen LogP contribution is 2.18. The van der Waals surface area contributed by atoms with Crippen molar-refractivity contribution in [1.29, 1.82) is 0 Å². The molecule has 0 atom stereocenters. The van der Waals surface area contributed by atoms with Gasteiger partial charge in [-0.1, -0.05) is 0 Å². The molecule has 0 radical (unpaired) electrons. The molecule has 2 heterocycles. The van der Waals surface area contributed by atoms with Crippen LogP contribution in [0.2, 0.25) is 0 Å². The van der Waals surface area contributed by atoms with Crippen molar-refractivity contribution in [3.05, 3.63) is 34.6 Å². The largest absolute Gasteiger partial charge is 0.221 e. The van der Waals surface area contributed by atoms with Crippen LogP contribution in [-0.4, -0.2) is 9.61 Å². The maximum Gasteiger partial charge on any atom is 0.171 e. The molecular weight excluding hydrogens is 230 g/mol. The summed E-state index contributed by atoms with van der Waals surface area (Å²) in [4.78, 5) is 0. The standard InChI is InChI=1S/C7H3BrF2N2/c8-6-2-1-4(9)7-5(10)3-11-12(6)7/h1-3H. The maximum atomic E-state index is 12.9. The van der Waals surface area contributed by atoms with Crippen LogP contribution in [0.4, 0.5) is 8.78 Å². The minimum Gasteiger partial charge on any atom is -0.221 e. The van der Waals surface area contributed by atoms with Gasteiger partial charge in [-0.25, -0.2) is 13.3 Å². The van der Waals surface area contributed by atoms with Crippen LogP contribution in [0.15, 0.2) is 22.9 Å². The van der Waals surface area contributed by atoms with Crippen molar-refractivity contribution in [2.45, 2.75) is 0 Å². The van der Waals surface area contributed by atoms with Crippen LogP contribution in [-0.2, 0) is 0 Å². The number of fused-ring (bicyclic) bond motifs is 1. The number of rotatable bonds is 0. The quantitative estimate of drug-likeness (QED) is 0.638. The van der Waals surface area contributed by atoms with E-state index in [2.05, 4.69) is 21.0 Å². The normalized spacial score (nSPS) is 10.9. The van der Waals surface area contributed by atoms with E-state index in [1.54, 1.807) is 0 Å². The predicted molar refractivity (Wildman–Crippen MR) is 42.8 cm³/mol. The number of aromatic nitrogens is 2. The first kappa shape index (κ1) is 7.67. The smallest absolute Gasteiger partial charge is 0.171 e. The molecule has 5 heteroatoms.